The number of benzene rings is 1. The number of rotatable bonds is 20. The van der Waals surface area contributed by atoms with E-state index in [9.17, 15) is 35.4 Å². The number of phenolic OH excluding ortho intramolecular Hbond substituents is 1. The number of phenols is 1. The number of carbonyl (C=O) groups is 1. The van der Waals surface area contributed by atoms with Crippen molar-refractivity contribution in [2.24, 2.45) is 29.6 Å². The number of nitrogens with zero attached hydrogens (tertiary/aromatic N) is 1. The van der Waals surface area contributed by atoms with Crippen LogP contribution < -0.4 is 10.8 Å². The Kier molecular flexibility index (Phi) is 14.4. The maximum Gasteiger partial charge on any atom is 0.309 e. The molecule has 2 heterocycles. The Hall–Kier alpha value is -3.86. The molecule has 0 radical (unpaired) electrons. The highest BCUT2D eigenvalue weighted by molar-refractivity contribution is 5.70. The third-order valence-corrected chi connectivity index (χ3v) is 11.9. The van der Waals surface area contributed by atoms with Gasteiger partial charge in [-0.3, -0.25) is 4.79 Å². The molecule has 0 saturated heterocycles. The first-order chi connectivity index (χ1) is 25.4. The lowest BCUT2D eigenvalue weighted by atomic mass is 9.80. The second-order valence-electron chi connectivity index (χ2n) is 16.0. The fourth-order valence-corrected chi connectivity index (χ4v) is 8.94. The molecule has 0 aliphatic heterocycles. The number of nitrogen functional groups attached to an aromatic ring is 1. The van der Waals surface area contributed by atoms with Crippen LogP contribution in [0.2, 0.25) is 0 Å². The van der Waals surface area contributed by atoms with Crippen molar-refractivity contribution in [3.05, 3.63) is 72.1 Å². The van der Waals surface area contributed by atoms with Gasteiger partial charge in [0.1, 0.15) is 11.6 Å². The van der Waals surface area contributed by atoms with Crippen molar-refractivity contribution in [3.8, 4) is 22.8 Å². The van der Waals surface area contributed by atoms with Crippen LogP contribution in [0.5, 0.6) is 11.5 Å². The highest BCUT2D eigenvalue weighted by Crippen LogP contribution is 2.46. The van der Waals surface area contributed by atoms with E-state index in [1.54, 1.807) is 6.20 Å². The summed E-state index contributed by atoms with van der Waals surface area (Å²) in [6.45, 7) is 2.20. The largest absolute Gasteiger partial charge is 0.872 e. The fourth-order valence-electron chi connectivity index (χ4n) is 8.94. The number of unbranched alkanes of at least 4 members (excludes halogenated alkanes) is 4. The molecule has 1 fully saturated rings. The number of hydrogen-bond acceptors (Lipinski definition) is 8. The summed E-state index contributed by atoms with van der Waals surface area (Å²) in [7, 11) is 0. The molecule has 2 aromatic heterocycles. The number of pyridine rings is 1. The summed E-state index contributed by atoms with van der Waals surface area (Å²) in [5.41, 5.74) is 7.99. The summed E-state index contributed by atoms with van der Waals surface area (Å²) in [6, 6.07) is 11.7. The zero-order valence-electron chi connectivity index (χ0n) is 31.2. The summed E-state index contributed by atoms with van der Waals surface area (Å²) < 4.78 is 0. The third-order valence-electron chi connectivity index (χ3n) is 11.9. The maximum absolute atomic E-state index is 12.3. The van der Waals surface area contributed by atoms with E-state index in [-0.39, 0.29) is 48.2 Å². The molecule has 0 unspecified atom stereocenters. The molecule has 0 spiro atoms. The zero-order valence-corrected chi connectivity index (χ0v) is 31.2. The van der Waals surface area contributed by atoms with Crippen LogP contribution >= 0.6 is 0 Å². The number of anilines is 1. The van der Waals surface area contributed by atoms with E-state index >= 15 is 0 Å². The van der Waals surface area contributed by atoms with Crippen molar-refractivity contribution in [3.63, 3.8) is 0 Å². The van der Waals surface area contributed by atoms with Crippen LogP contribution in [-0.4, -0.2) is 59.3 Å². The lowest BCUT2D eigenvalue weighted by molar-refractivity contribution is -0.268. The Morgan fingerprint density at radius 3 is 2.57 bits per heavy atom. The van der Waals surface area contributed by atoms with Gasteiger partial charge in [-0.05, 0) is 124 Å². The number of nitrogens with two attached hydrogens (primary N) is 1. The Morgan fingerprint density at radius 2 is 1.83 bits per heavy atom. The minimum absolute atomic E-state index is 0.102. The van der Waals surface area contributed by atoms with E-state index in [2.05, 4.69) is 29.0 Å². The number of carboxylic acids is 1. The monoisotopic (exact) mass is 730 g/mol. The lowest BCUT2D eigenvalue weighted by Gasteiger charge is -2.32. The van der Waals surface area contributed by atoms with Gasteiger partial charge in [0.15, 0.2) is 0 Å². The molecule has 1 aromatic carbocycles. The third kappa shape index (κ3) is 11.6. The highest BCUT2D eigenvalue weighted by Gasteiger charge is 2.46. The molecule has 2 aliphatic rings. The Balaban J connectivity index is 1.16. The van der Waals surface area contributed by atoms with Crippen LogP contribution in [0.1, 0.15) is 108 Å². The minimum Gasteiger partial charge on any atom is -0.872 e. The molecule has 2 aliphatic carbocycles. The smallest absolute Gasteiger partial charge is 0.309 e. The molecule has 10 heteroatoms. The van der Waals surface area contributed by atoms with Crippen molar-refractivity contribution in [2.45, 2.75) is 127 Å². The van der Waals surface area contributed by atoms with Crippen LogP contribution in [-0.2, 0) is 17.6 Å². The molecule has 290 valence electrons. The number of nitrogens with one attached hydrogen (secondary N) is 1. The van der Waals surface area contributed by atoms with E-state index in [1.807, 2.05) is 24.3 Å². The maximum atomic E-state index is 12.3. The van der Waals surface area contributed by atoms with Crippen molar-refractivity contribution in [1.82, 2.24) is 9.97 Å². The summed E-state index contributed by atoms with van der Waals surface area (Å²) in [5, 5.41) is 66.2. The minimum atomic E-state index is -1.13. The Morgan fingerprint density at radius 1 is 1.02 bits per heavy atom. The highest BCUT2D eigenvalue weighted by atomic mass is 16.4. The summed E-state index contributed by atoms with van der Waals surface area (Å²) in [4.78, 5) is 19.8. The molecule has 53 heavy (non-hydrogen) atoms. The predicted molar refractivity (Wildman–Crippen MR) is 205 cm³/mol. The van der Waals surface area contributed by atoms with Crippen LogP contribution in [0.3, 0.4) is 0 Å². The average molecular weight is 731 g/mol. The number of aliphatic hydroxyl groups excluding tert-OH is 2. The van der Waals surface area contributed by atoms with E-state index in [4.69, 9.17) is 5.73 Å². The van der Waals surface area contributed by atoms with Gasteiger partial charge in [-0.25, -0.2) is 4.98 Å². The molecule has 5 rings (SSSR count). The van der Waals surface area contributed by atoms with Crippen LogP contribution in [0, 0.1) is 29.6 Å². The van der Waals surface area contributed by atoms with Gasteiger partial charge in [0.25, 0.3) is 0 Å². The SMILES string of the molecule is CCCCC[C@@H]1C=C[C@@H](CCCCC[C@H](C(=O)O)[C@H](O)CC[C@]2(O)C[C@H](Cc3ccnc(N)c3)C[C@H]2Cc2ccc(-c3cc([O-])cc(O)c3)[nH]2)[C@H](O)C1. The quantitative estimate of drug-likeness (QED) is 0.0478. The van der Waals surface area contributed by atoms with Gasteiger partial charge in [-0.1, -0.05) is 63.7 Å². The van der Waals surface area contributed by atoms with Crippen LogP contribution in [0.4, 0.5) is 5.82 Å². The molecule has 8 N–H and O–H groups in total. The van der Waals surface area contributed by atoms with Gasteiger partial charge >= 0.3 is 5.97 Å². The van der Waals surface area contributed by atoms with Crippen molar-refractivity contribution in [1.29, 1.82) is 0 Å². The molecule has 0 bridgehead atoms. The van der Waals surface area contributed by atoms with Gasteiger partial charge in [-0.2, -0.15) is 0 Å². The summed E-state index contributed by atoms with van der Waals surface area (Å²) in [5.74, 6) is -1.30. The standard InChI is InChI=1S/C43H61N3O7/c1-2-3-5-8-28-11-12-31(40(50)21-28)9-6-4-7-10-37(42(51)52)39(49)15-17-43(53)27-30(19-29-16-18-45-41(44)22-29)20-33(43)25-34-13-14-38(46-34)32-23-35(47)26-36(48)24-32/h11-14,16,18,22-24,26,28,30-31,33,37,39-40,46-50,53H,2-10,15,17,19-21,25,27H2,1H3,(H2,44,45)(H,51,52)/p-1/t28-,30-,31-,33+,37+,39-,40-,43+/m1/s1. The lowest BCUT2D eigenvalue weighted by Crippen LogP contribution is -2.37. The van der Waals surface area contributed by atoms with Crippen molar-refractivity contribution in [2.75, 3.05) is 5.73 Å². The Labute approximate surface area is 314 Å². The Bertz CT molecular complexity index is 1620. The molecule has 1 saturated carbocycles. The van der Waals surface area contributed by atoms with Crippen LogP contribution in [0.25, 0.3) is 11.3 Å². The number of H-pyrrole nitrogens is 1. The van der Waals surface area contributed by atoms with E-state index in [0.717, 1.165) is 55.8 Å². The first-order valence-electron chi connectivity index (χ1n) is 19.8. The van der Waals surface area contributed by atoms with Gasteiger partial charge in [-0.15, -0.1) is 5.75 Å². The second kappa shape index (κ2) is 18.9. The van der Waals surface area contributed by atoms with E-state index < -0.39 is 23.6 Å². The normalized spacial score (nSPS) is 25.4. The van der Waals surface area contributed by atoms with E-state index in [0.29, 0.717) is 55.1 Å². The molecule has 3 aromatic rings. The van der Waals surface area contributed by atoms with Gasteiger partial charge in [0.05, 0.1) is 23.7 Å². The predicted octanol–water partition coefficient (Wildman–Crippen LogP) is 6.91. The number of aromatic nitrogens is 2. The number of aromatic hydroxyl groups is 1. The van der Waals surface area contributed by atoms with Gasteiger partial charge in [0.2, 0.25) is 0 Å². The first-order valence-corrected chi connectivity index (χ1v) is 19.8. The van der Waals surface area contributed by atoms with Crippen molar-refractivity contribution >= 4 is 11.8 Å². The number of carboxylic acid groups (broad SMARTS) is 1. The average Bonchev–Trinajstić information content (AvgIpc) is 3.69. The number of allylic oxidation sites excluding steroid dienone is 1. The fraction of sp³-hybridized carbons (Fsp3) is 0.581. The zero-order chi connectivity index (χ0) is 38.0. The molecular formula is C43H60N3O7-. The van der Waals surface area contributed by atoms with Crippen LogP contribution in [0.15, 0.2) is 60.8 Å². The molecule has 0 amide bonds. The second-order valence-corrected chi connectivity index (χ2v) is 16.0. The van der Waals surface area contributed by atoms with Crippen molar-refractivity contribution < 1.29 is 35.4 Å². The molecule has 10 nitrogen and oxygen atoms in total. The first kappa shape index (κ1) is 40.3. The topological polar surface area (TPSA) is 196 Å². The number of aromatic amines is 1. The number of aliphatic hydroxyl groups is 3. The van der Waals surface area contributed by atoms with Gasteiger partial charge in [0, 0.05) is 29.1 Å². The summed E-state index contributed by atoms with van der Waals surface area (Å²) >= 11 is 0. The number of aliphatic carboxylic acids is 1. The molecular weight excluding hydrogens is 670 g/mol. The number of hydrogen-bond donors (Lipinski definition) is 7. The van der Waals surface area contributed by atoms with Gasteiger partial charge < -0.3 is 41.4 Å². The molecule has 8 atom stereocenters. The van der Waals surface area contributed by atoms with E-state index in [1.165, 1.54) is 31.4 Å². The summed E-state index contributed by atoms with van der Waals surface area (Å²) in [6.07, 6.45) is 16.8.